The molecule has 4 nitrogen and oxygen atoms in total. The van der Waals surface area contributed by atoms with Crippen LogP contribution >= 0.6 is 0 Å². The highest BCUT2D eigenvalue weighted by Crippen LogP contribution is 2.14. The molecule has 1 atom stereocenters. The highest BCUT2D eigenvalue weighted by molar-refractivity contribution is 5.20. The van der Waals surface area contributed by atoms with Crippen molar-refractivity contribution in [2.24, 2.45) is 5.92 Å². The normalized spacial score (nSPS) is 19.5. The molecule has 0 amide bonds. The third-order valence-corrected chi connectivity index (χ3v) is 3.76. The van der Waals surface area contributed by atoms with Crippen molar-refractivity contribution >= 4 is 0 Å². The standard InChI is InChI=1S/C15H20N4/c1-2-5-13(6-3-1)9-15-11-17-18-19(15)12-14-7-4-8-16-10-14/h1-3,5-6,11,14,16H,4,7-10,12H2. The van der Waals surface area contributed by atoms with Gasteiger partial charge in [0, 0.05) is 13.0 Å². The van der Waals surface area contributed by atoms with Crippen LogP contribution < -0.4 is 5.32 Å². The Morgan fingerprint density at radius 1 is 1.26 bits per heavy atom. The quantitative estimate of drug-likeness (QED) is 0.908. The molecule has 2 heterocycles. The van der Waals surface area contributed by atoms with E-state index in [0.29, 0.717) is 5.92 Å². The molecule has 100 valence electrons. The molecule has 1 aromatic heterocycles. The summed E-state index contributed by atoms with van der Waals surface area (Å²) in [7, 11) is 0. The molecule has 1 aliphatic rings. The zero-order valence-corrected chi connectivity index (χ0v) is 11.1. The van der Waals surface area contributed by atoms with Crippen LogP contribution in [0, 0.1) is 5.92 Å². The van der Waals surface area contributed by atoms with Crippen LogP contribution in [0.25, 0.3) is 0 Å². The van der Waals surface area contributed by atoms with E-state index in [-0.39, 0.29) is 0 Å². The van der Waals surface area contributed by atoms with Gasteiger partial charge in [-0.1, -0.05) is 35.5 Å². The largest absolute Gasteiger partial charge is 0.316 e. The Labute approximate surface area is 113 Å². The Balaban J connectivity index is 1.68. The molecule has 0 saturated carbocycles. The van der Waals surface area contributed by atoms with Crippen molar-refractivity contribution in [1.82, 2.24) is 20.3 Å². The van der Waals surface area contributed by atoms with Gasteiger partial charge >= 0.3 is 0 Å². The number of aromatic nitrogens is 3. The molecule has 0 bridgehead atoms. The van der Waals surface area contributed by atoms with Gasteiger partial charge in [-0.15, -0.1) is 5.10 Å². The van der Waals surface area contributed by atoms with Crippen LogP contribution in [0.2, 0.25) is 0 Å². The second kappa shape index (κ2) is 5.97. The zero-order valence-electron chi connectivity index (χ0n) is 11.1. The number of hydrogen-bond donors (Lipinski definition) is 1. The minimum Gasteiger partial charge on any atom is -0.316 e. The first kappa shape index (κ1) is 12.4. The maximum Gasteiger partial charge on any atom is 0.0728 e. The van der Waals surface area contributed by atoms with Gasteiger partial charge in [-0.05, 0) is 37.4 Å². The van der Waals surface area contributed by atoms with Gasteiger partial charge in [-0.3, -0.25) is 0 Å². The summed E-state index contributed by atoms with van der Waals surface area (Å²) in [6, 6.07) is 10.5. The predicted molar refractivity (Wildman–Crippen MR) is 74.9 cm³/mol. The van der Waals surface area contributed by atoms with Crippen LogP contribution in [0.4, 0.5) is 0 Å². The summed E-state index contributed by atoms with van der Waals surface area (Å²) in [6.07, 6.45) is 5.36. The molecule has 1 fully saturated rings. The summed E-state index contributed by atoms with van der Waals surface area (Å²) in [4.78, 5) is 0. The van der Waals surface area contributed by atoms with E-state index in [0.717, 1.165) is 26.1 Å². The van der Waals surface area contributed by atoms with Crippen molar-refractivity contribution in [1.29, 1.82) is 0 Å². The highest BCUT2D eigenvalue weighted by Gasteiger charge is 2.15. The highest BCUT2D eigenvalue weighted by atomic mass is 15.4. The van der Waals surface area contributed by atoms with Gasteiger partial charge in [0.25, 0.3) is 0 Å². The van der Waals surface area contributed by atoms with Crippen molar-refractivity contribution in [2.75, 3.05) is 13.1 Å². The summed E-state index contributed by atoms with van der Waals surface area (Å²) in [6.45, 7) is 3.24. The molecule has 3 rings (SSSR count). The summed E-state index contributed by atoms with van der Waals surface area (Å²) < 4.78 is 2.07. The first-order valence-corrected chi connectivity index (χ1v) is 7.04. The van der Waals surface area contributed by atoms with E-state index in [1.165, 1.54) is 24.1 Å². The summed E-state index contributed by atoms with van der Waals surface area (Å²) in [5, 5.41) is 11.8. The number of nitrogens with zero attached hydrogens (tertiary/aromatic N) is 3. The second-order valence-corrected chi connectivity index (χ2v) is 5.28. The molecule has 1 N–H and O–H groups in total. The second-order valence-electron chi connectivity index (χ2n) is 5.28. The van der Waals surface area contributed by atoms with Gasteiger partial charge in [0.2, 0.25) is 0 Å². The van der Waals surface area contributed by atoms with E-state index >= 15 is 0 Å². The number of piperidine rings is 1. The zero-order chi connectivity index (χ0) is 12.9. The number of hydrogen-bond acceptors (Lipinski definition) is 3. The molecule has 1 aromatic carbocycles. The molecule has 0 radical (unpaired) electrons. The van der Waals surface area contributed by atoms with Gasteiger partial charge in [0.1, 0.15) is 0 Å². The van der Waals surface area contributed by atoms with Crippen LogP contribution in [0.1, 0.15) is 24.1 Å². The smallest absolute Gasteiger partial charge is 0.0728 e. The third-order valence-electron chi connectivity index (χ3n) is 3.76. The Kier molecular flexibility index (Phi) is 3.89. The number of benzene rings is 1. The third kappa shape index (κ3) is 3.20. The number of nitrogens with one attached hydrogen (secondary N) is 1. The van der Waals surface area contributed by atoms with Crippen molar-refractivity contribution in [3.05, 3.63) is 47.8 Å². The topological polar surface area (TPSA) is 42.7 Å². The Morgan fingerprint density at radius 3 is 2.95 bits per heavy atom. The summed E-state index contributed by atoms with van der Waals surface area (Å²) in [5.74, 6) is 0.685. The van der Waals surface area contributed by atoms with Crippen molar-refractivity contribution in [2.45, 2.75) is 25.8 Å². The predicted octanol–water partition coefficient (Wildman–Crippen LogP) is 1.87. The fourth-order valence-electron chi connectivity index (χ4n) is 2.70. The van der Waals surface area contributed by atoms with Gasteiger partial charge in [-0.2, -0.15) is 0 Å². The summed E-state index contributed by atoms with van der Waals surface area (Å²) in [5.41, 5.74) is 2.52. The van der Waals surface area contributed by atoms with Gasteiger partial charge < -0.3 is 5.32 Å². The molecular formula is C15H20N4. The average molecular weight is 256 g/mol. The van der Waals surface area contributed by atoms with Crippen molar-refractivity contribution in [3.63, 3.8) is 0 Å². The van der Waals surface area contributed by atoms with E-state index in [2.05, 4.69) is 44.6 Å². The number of rotatable bonds is 4. The lowest BCUT2D eigenvalue weighted by atomic mass is 9.99. The monoisotopic (exact) mass is 256 g/mol. The van der Waals surface area contributed by atoms with Gasteiger partial charge in [0.05, 0.1) is 11.9 Å². The molecule has 0 aliphatic carbocycles. The van der Waals surface area contributed by atoms with Crippen LogP contribution in [0.15, 0.2) is 36.5 Å². The lowest BCUT2D eigenvalue weighted by Gasteiger charge is -2.23. The first-order valence-electron chi connectivity index (χ1n) is 7.04. The van der Waals surface area contributed by atoms with Crippen LogP contribution in [0.5, 0.6) is 0 Å². The molecule has 1 unspecified atom stereocenters. The molecule has 1 aliphatic heterocycles. The lowest BCUT2D eigenvalue weighted by Crippen LogP contribution is -2.32. The van der Waals surface area contributed by atoms with Crippen LogP contribution in [-0.4, -0.2) is 28.1 Å². The molecule has 0 spiro atoms. The van der Waals surface area contributed by atoms with E-state index in [1.807, 2.05) is 12.3 Å². The van der Waals surface area contributed by atoms with Crippen molar-refractivity contribution < 1.29 is 0 Å². The van der Waals surface area contributed by atoms with Gasteiger partial charge in [0.15, 0.2) is 0 Å². The fraction of sp³-hybridized carbons (Fsp3) is 0.467. The molecule has 19 heavy (non-hydrogen) atoms. The van der Waals surface area contributed by atoms with Crippen molar-refractivity contribution in [3.8, 4) is 0 Å². The SMILES string of the molecule is c1ccc(Cc2cnnn2CC2CCCNC2)cc1. The Bertz CT molecular complexity index is 500. The fourth-order valence-corrected chi connectivity index (χ4v) is 2.70. The van der Waals surface area contributed by atoms with Crippen LogP contribution in [0.3, 0.4) is 0 Å². The Morgan fingerprint density at radius 2 is 2.16 bits per heavy atom. The molecular weight excluding hydrogens is 236 g/mol. The van der Waals surface area contributed by atoms with E-state index in [1.54, 1.807) is 0 Å². The average Bonchev–Trinajstić information content (AvgIpc) is 2.88. The van der Waals surface area contributed by atoms with E-state index in [9.17, 15) is 0 Å². The summed E-state index contributed by atoms with van der Waals surface area (Å²) >= 11 is 0. The minimum atomic E-state index is 0.685. The van der Waals surface area contributed by atoms with Gasteiger partial charge in [-0.25, -0.2) is 4.68 Å². The van der Waals surface area contributed by atoms with Crippen LogP contribution in [-0.2, 0) is 13.0 Å². The lowest BCUT2D eigenvalue weighted by molar-refractivity contribution is 0.319. The minimum absolute atomic E-state index is 0.685. The van der Waals surface area contributed by atoms with E-state index < -0.39 is 0 Å². The maximum atomic E-state index is 4.25. The Hall–Kier alpha value is -1.68. The maximum absolute atomic E-state index is 4.25. The molecule has 4 heteroatoms. The van der Waals surface area contributed by atoms with E-state index in [4.69, 9.17) is 0 Å². The first-order chi connectivity index (χ1) is 9.42. The molecule has 1 saturated heterocycles. The molecule has 2 aromatic rings.